The smallest absolute Gasteiger partial charge is 0.319 e. The lowest BCUT2D eigenvalue weighted by Crippen LogP contribution is -2.28. The van der Waals surface area contributed by atoms with Gasteiger partial charge < -0.3 is 10.6 Å². The molecule has 0 saturated carbocycles. The molecule has 0 atom stereocenters. The molecule has 0 aliphatic heterocycles. The van der Waals surface area contributed by atoms with Crippen molar-refractivity contribution in [2.24, 2.45) is 0 Å². The maximum atomic E-state index is 11.8. The van der Waals surface area contributed by atoms with Crippen LogP contribution in [0.1, 0.15) is 10.4 Å². The second-order valence-electron chi connectivity index (χ2n) is 4.06. The molecule has 3 nitrogen and oxygen atoms in total. The number of hydrogen-bond acceptors (Lipinski definition) is 3. The zero-order valence-corrected chi connectivity index (χ0v) is 12.5. The predicted octanol–water partition coefficient (Wildman–Crippen LogP) is 4.10. The lowest BCUT2D eigenvalue weighted by Gasteiger charge is -2.07. The fraction of sp³-hybridized carbons (Fsp3) is 0.214. The molecule has 0 aliphatic rings. The van der Waals surface area contributed by atoms with Crippen molar-refractivity contribution in [3.63, 3.8) is 0 Å². The molecule has 1 aromatic heterocycles. The number of thioether (sulfide) groups is 1. The SMILES string of the molecule is CSc1ccc(NC(=O)NCc2sccc2C)cc1. The summed E-state index contributed by atoms with van der Waals surface area (Å²) in [5, 5.41) is 7.71. The van der Waals surface area contributed by atoms with Crippen LogP contribution < -0.4 is 10.6 Å². The maximum absolute atomic E-state index is 11.8. The molecule has 19 heavy (non-hydrogen) atoms. The first kappa shape index (κ1) is 14.0. The van der Waals surface area contributed by atoms with E-state index in [4.69, 9.17) is 0 Å². The van der Waals surface area contributed by atoms with E-state index in [1.54, 1.807) is 23.1 Å². The van der Waals surface area contributed by atoms with Gasteiger partial charge in [0.15, 0.2) is 0 Å². The number of amides is 2. The van der Waals surface area contributed by atoms with Crippen LogP contribution in [0.2, 0.25) is 0 Å². The van der Waals surface area contributed by atoms with E-state index < -0.39 is 0 Å². The summed E-state index contributed by atoms with van der Waals surface area (Å²) in [6.07, 6.45) is 2.03. The largest absolute Gasteiger partial charge is 0.333 e. The number of urea groups is 1. The van der Waals surface area contributed by atoms with Gasteiger partial charge in [-0.25, -0.2) is 4.79 Å². The molecular weight excluding hydrogens is 276 g/mol. The minimum atomic E-state index is -0.176. The maximum Gasteiger partial charge on any atom is 0.319 e. The zero-order chi connectivity index (χ0) is 13.7. The normalized spacial score (nSPS) is 10.2. The van der Waals surface area contributed by atoms with Gasteiger partial charge in [-0.15, -0.1) is 23.1 Å². The van der Waals surface area contributed by atoms with Crippen LogP contribution in [0.25, 0.3) is 0 Å². The van der Waals surface area contributed by atoms with Crippen molar-refractivity contribution in [3.05, 3.63) is 46.2 Å². The van der Waals surface area contributed by atoms with Gasteiger partial charge >= 0.3 is 6.03 Å². The third-order valence-corrected chi connectivity index (χ3v) is 4.49. The van der Waals surface area contributed by atoms with Crippen LogP contribution in [0.15, 0.2) is 40.6 Å². The van der Waals surface area contributed by atoms with Gasteiger partial charge in [-0.05, 0) is 54.5 Å². The molecule has 0 fully saturated rings. The molecule has 2 rings (SSSR count). The van der Waals surface area contributed by atoms with Crippen LogP contribution in [0.5, 0.6) is 0 Å². The van der Waals surface area contributed by atoms with Crippen LogP contribution in [-0.2, 0) is 6.54 Å². The Balaban J connectivity index is 1.85. The Bertz CT molecular complexity index is 549. The quantitative estimate of drug-likeness (QED) is 0.833. The lowest BCUT2D eigenvalue weighted by molar-refractivity contribution is 0.252. The number of rotatable bonds is 4. The average molecular weight is 292 g/mol. The number of hydrogen-bond donors (Lipinski definition) is 2. The van der Waals surface area contributed by atoms with Gasteiger partial charge in [-0.1, -0.05) is 0 Å². The summed E-state index contributed by atoms with van der Waals surface area (Å²) in [6.45, 7) is 2.62. The molecule has 1 heterocycles. The summed E-state index contributed by atoms with van der Waals surface area (Å²) < 4.78 is 0. The number of thiophene rings is 1. The van der Waals surface area contributed by atoms with Crippen molar-refractivity contribution in [1.82, 2.24) is 5.32 Å². The highest BCUT2D eigenvalue weighted by molar-refractivity contribution is 7.98. The van der Waals surface area contributed by atoms with Crippen LogP contribution in [0.4, 0.5) is 10.5 Å². The summed E-state index contributed by atoms with van der Waals surface area (Å²) in [6, 6.07) is 9.67. The predicted molar refractivity (Wildman–Crippen MR) is 83.1 cm³/mol. The molecule has 0 radical (unpaired) electrons. The molecular formula is C14H16N2OS2. The van der Waals surface area contributed by atoms with E-state index in [1.165, 1.54) is 15.3 Å². The number of aryl methyl sites for hydroxylation is 1. The highest BCUT2D eigenvalue weighted by Crippen LogP contribution is 2.17. The minimum Gasteiger partial charge on any atom is -0.333 e. The van der Waals surface area contributed by atoms with Gasteiger partial charge in [-0.3, -0.25) is 0 Å². The van der Waals surface area contributed by atoms with Crippen molar-refractivity contribution in [1.29, 1.82) is 0 Å². The molecule has 0 aliphatic carbocycles. The van der Waals surface area contributed by atoms with E-state index >= 15 is 0 Å². The Hall–Kier alpha value is -1.46. The summed E-state index contributed by atoms with van der Waals surface area (Å²) in [5.74, 6) is 0. The standard InChI is InChI=1S/C14H16N2OS2/c1-10-7-8-19-13(10)9-15-14(17)16-11-3-5-12(18-2)6-4-11/h3-8H,9H2,1-2H3,(H2,15,16,17). The Morgan fingerprint density at radius 1 is 1.26 bits per heavy atom. The highest BCUT2D eigenvalue weighted by atomic mass is 32.2. The minimum absolute atomic E-state index is 0.176. The van der Waals surface area contributed by atoms with Crippen LogP contribution >= 0.6 is 23.1 Å². The van der Waals surface area contributed by atoms with Crippen molar-refractivity contribution in [2.75, 3.05) is 11.6 Å². The summed E-state index contributed by atoms with van der Waals surface area (Å²) in [5.41, 5.74) is 2.02. The van der Waals surface area contributed by atoms with Crippen molar-refractivity contribution in [2.45, 2.75) is 18.4 Å². The van der Waals surface area contributed by atoms with Gasteiger partial charge in [0, 0.05) is 15.5 Å². The molecule has 2 amide bonds. The Kier molecular flexibility index (Phi) is 4.87. The van der Waals surface area contributed by atoms with Crippen LogP contribution in [0.3, 0.4) is 0 Å². The Morgan fingerprint density at radius 3 is 2.58 bits per heavy atom. The van der Waals surface area contributed by atoms with E-state index in [9.17, 15) is 4.79 Å². The first-order valence-electron chi connectivity index (χ1n) is 5.91. The first-order valence-corrected chi connectivity index (χ1v) is 8.01. The molecule has 0 saturated heterocycles. The summed E-state index contributed by atoms with van der Waals surface area (Å²) in [4.78, 5) is 14.1. The number of carbonyl (C=O) groups is 1. The average Bonchev–Trinajstić information content (AvgIpc) is 2.83. The summed E-state index contributed by atoms with van der Waals surface area (Å²) in [7, 11) is 0. The van der Waals surface area contributed by atoms with E-state index in [0.29, 0.717) is 6.54 Å². The van der Waals surface area contributed by atoms with Gasteiger partial charge in [0.25, 0.3) is 0 Å². The first-order chi connectivity index (χ1) is 9.19. The van der Waals surface area contributed by atoms with Crippen LogP contribution in [0, 0.1) is 6.92 Å². The number of carbonyl (C=O) groups excluding carboxylic acids is 1. The second kappa shape index (κ2) is 6.63. The zero-order valence-electron chi connectivity index (χ0n) is 10.9. The fourth-order valence-electron chi connectivity index (χ4n) is 1.60. The third kappa shape index (κ3) is 4.01. The van der Waals surface area contributed by atoms with Gasteiger partial charge in [0.05, 0.1) is 6.54 Å². The molecule has 0 bridgehead atoms. The topological polar surface area (TPSA) is 41.1 Å². The molecule has 2 aromatic rings. The van der Waals surface area contributed by atoms with Crippen LogP contribution in [-0.4, -0.2) is 12.3 Å². The molecule has 0 unspecified atom stereocenters. The molecule has 100 valence electrons. The van der Waals surface area contributed by atoms with Gasteiger partial charge in [-0.2, -0.15) is 0 Å². The molecule has 5 heteroatoms. The number of nitrogens with one attached hydrogen (secondary N) is 2. The van der Waals surface area contributed by atoms with Gasteiger partial charge in [0.1, 0.15) is 0 Å². The Morgan fingerprint density at radius 2 is 2.00 bits per heavy atom. The Labute approximate surface area is 121 Å². The summed E-state index contributed by atoms with van der Waals surface area (Å²) >= 11 is 3.34. The molecule has 2 N–H and O–H groups in total. The van der Waals surface area contributed by atoms with E-state index in [-0.39, 0.29) is 6.03 Å². The second-order valence-corrected chi connectivity index (χ2v) is 5.94. The van der Waals surface area contributed by atoms with Crippen molar-refractivity contribution < 1.29 is 4.79 Å². The third-order valence-electron chi connectivity index (χ3n) is 2.73. The van der Waals surface area contributed by atoms with E-state index in [1.807, 2.05) is 42.8 Å². The van der Waals surface area contributed by atoms with Crippen molar-refractivity contribution in [3.8, 4) is 0 Å². The molecule has 0 spiro atoms. The van der Waals surface area contributed by atoms with E-state index in [0.717, 1.165) is 5.69 Å². The van der Waals surface area contributed by atoms with E-state index in [2.05, 4.69) is 16.7 Å². The van der Waals surface area contributed by atoms with Crippen molar-refractivity contribution >= 4 is 34.8 Å². The highest BCUT2D eigenvalue weighted by Gasteiger charge is 2.04. The fourth-order valence-corrected chi connectivity index (χ4v) is 2.85. The number of anilines is 1. The lowest BCUT2D eigenvalue weighted by atomic mass is 10.3. The number of benzene rings is 1. The molecule has 1 aromatic carbocycles. The monoisotopic (exact) mass is 292 g/mol. The van der Waals surface area contributed by atoms with Gasteiger partial charge in [0.2, 0.25) is 0 Å².